The van der Waals surface area contributed by atoms with E-state index in [1.807, 2.05) is 13.8 Å². The Morgan fingerprint density at radius 1 is 1.29 bits per heavy atom. The van der Waals surface area contributed by atoms with Gasteiger partial charge >= 0.3 is 0 Å². The third kappa shape index (κ3) is 3.51. The van der Waals surface area contributed by atoms with Crippen LogP contribution in [0.5, 0.6) is 0 Å². The van der Waals surface area contributed by atoms with Gasteiger partial charge < -0.3 is 5.32 Å². The van der Waals surface area contributed by atoms with Crippen molar-refractivity contribution in [2.45, 2.75) is 33.6 Å². The number of rotatable bonds is 4. The summed E-state index contributed by atoms with van der Waals surface area (Å²) in [6, 6.07) is 4.71. The van der Waals surface area contributed by atoms with Crippen molar-refractivity contribution in [3.8, 4) is 11.4 Å². The molecule has 0 amide bonds. The van der Waals surface area contributed by atoms with Crippen molar-refractivity contribution in [1.29, 1.82) is 0 Å². The zero-order valence-corrected chi connectivity index (χ0v) is 14.8. The van der Waals surface area contributed by atoms with Crippen LogP contribution in [0.15, 0.2) is 18.2 Å². The van der Waals surface area contributed by atoms with E-state index in [0.717, 1.165) is 32.8 Å². The van der Waals surface area contributed by atoms with E-state index in [1.165, 1.54) is 12.1 Å². The van der Waals surface area contributed by atoms with Crippen LogP contribution in [-0.2, 0) is 0 Å². The van der Waals surface area contributed by atoms with Crippen molar-refractivity contribution < 1.29 is 4.39 Å². The highest BCUT2D eigenvalue weighted by Gasteiger charge is 2.16. The second-order valence-electron chi connectivity index (χ2n) is 5.24. The minimum absolute atomic E-state index is 0.238. The molecule has 0 saturated carbocycles. The van der Waals surface area contributed by atoms with Crippen LogP contribution in [-0.4, -0.2) is 16.5 Å². The van der Waals surface area contributed by atoms with E-state index in [2.05, 4.69) is 46.7 Å². The summed E-state index contributed by atoms with van der Waals surface area (Å²) in [5.74, 6) is 1.55. The maximum Gasteiger partial charge on any atom is 0.162 e. The first-order valence-corrected chi connectivity index (χ1v) is 8.09. The largest absolute Gasteiger partial charge is 0.369 e. The number of anilines is 1. The lowest BCUT2D eigenvalue weighted by Crippen LogP contribution is -2.09. The van der Waals surface area contributed by atoms with Crippen LogP contribution in [0, 0.1) is 16.3 Å². The van der Waals surface area contributed by atoms with Crippen LogP contribution >= 0.6 is 22.6 Å². The first-order valence-electron chi connectivity index (χ1n) is 7.01. The SMILES string of the molecule is CCNc1nc(-c2ccc(F)cc2C)nc(C(C)C)c1I. The van der Waals surface area contributed by atoms with Gasteiger partial charge in [-0.1, -0.05) is 13.8 Å². The number of hydrogen-bond acceptors (Lipinski definition) is 3. The zero-order chi connectivity index (χ0) is 15.6. The molecule has 112 valence electrons. The zero-order valence-electron chi connectivity index (χ0n) is 12.7. The van der Waals surface area contributed by atoms with E-state index >= 15 is 0 Å². The fourth-order valence-corrected chi connectivity index (χ4v) is 3.18. The molecule has 0 unspecified atom stereocenters. The number of nitrogens with zero attached hydrogens (tertiary/aromatic N) is 2. The summed E-state index contributed by atoms with van der Waals surface area (Å²) in [6.07, 6.45) is 0. The number of halogens is 2. The summed E-state index contributed by atoms with van der Waals surface area (Å²) in [7, 11) is 0. The molecule has 1 heterocycles. The summed E-state index contributed by atoms with van der Waals surface area (Å²) in [5, 5.41) is 3.28. The average Bonchev–Trinajstić information content (AvgIpc) is 2.41. The molecule has 0 aliphatic heterocycles. The van der Waals surface area contributed by atoms with Crippen molar-refractivity contribution >= 4 is 28.4 Å². The Morgan fingerprint density at radius 2 is 2.00 bits per heavy atom. The van der Waals surface area contributed by atoms with E-state index in [1.54, 1.807) is 6.07 Å². The Labute approximate surface area is 138 Å². The Kier molecular flexibility index (Phi) is 5.13. The Morgan fingerprint density at radius 3 is 2.57 bits per heavy atom. The van der Waals surface area contributed by atoms with Crippen LogP contribution in [0.25, 0.3) is 11.4 Å². The molecule has 1 N–H and O–H groups in total. The molecule has 2 aromatic rings. The first kappa shape index (κ1) is 16.1. The molecule has 0 fully saturated rings. The van der Waals surface area contributed by atoms with Gasteiger partial charge in [-0.3, -0.25) is 0 Å². The standard InChI is InChI=1S/C16H19FIN3/c1-5-19-16-13(18)14(9(2)3)20-15(21-16)12-7-6-11(17)8-10(12)4/h6-9H,5H2,1-4H3,(H,19,20,21). The van der Waals surface area contributed by atoms with Crippen molar-refractivity contribution in [2.24, 2.45) is 0 Å². The smallest absolute Gasteiger partial charge is 0.162 e. The van der Waals surface area contributed by atoms with Gasteiger partial charge in [-0.25, -0.2) is 14.4 Å². The van der Waals surface area contributed by atoms with Gasteiger partial charge in [0.2, 0.25) is 0 Å². The number of aryl methyl sites for hydroxylation is 1. The topological polar surface area (TPSA) is 37.8 Å². The molecule has 5 heteroatoms. The molecule has 0 radical (unpaired) electrons. The highest BCUT2D eigenvalue weighted by molar-refractivity contribution is 14.1. The molecule has 2 rings (SSSR count). The summed E-state index contributed by atoms with van der Waals surface area (Å²) in [6.45, 7) is 8.94. The van der Waals surface area contributed by atoms with E-state index in [9.17, 15) is 4.39 Å². The maximum atomic E-state index is 13.3. The van der Waals surface area contributed by atoms with Gasteiger partial charge in [0.05, 0.1) is 9.26 Å². The third-order valence-electron chi connectivity index (χ3n) is 3.20. The fraction of sp³-hybridized carbons (Fsp3) is 0.375. The van der Waals surface area contributed by atoms with E-state index < -0.39 is 0 Å². The molecule has 0 atom stereocenters. The van der Waals surface area contributed by atoms with Crippen molar-refractivity contribution in [2.75, 3.05) is 11.9 Å². The van der Waals surface area contributed by atoms with E-state index in [0.29, 0.717) is 11.7 Å². The summed E-state index contributed by atoms with van der Waals surface area (Å²) >= 11 is 2.28. The first-order chi connectivity index (χ1) is 9.93. The molecule has 0 aliphatic carbocycles. The molecule has 1 aromatic heterocycles. The van der Waals surface area contributed by atoms with Crippen LogP contribution in [0.4, 0.5) is 10.2 Å². The van der Waals surface area contributed by atoms with E-state index in [4.69, 9.17) is 4.98 Å². The van der Waals surface area contributed by atoms with Gasteiger partial charge in [0, 0.05) is 12.1 Å². The molecular weight excluding hydrogens is 380 g/mol. The molecule has 0 saturated heterocycles. The molecule has 0 aliphatic rings. The summed E-state index contributed by atoms with van der Waals surface area (Å²) < 4.78 is 14.3. The Balaban J connectivity index is 2.62. The molecule has 21 heavy (non-hydrogen) atoms. The monoisotopic (exact) mass is 399 g/mol. The van der Waals surface area contributed by atoms with E-state index in [-0.39, 0.29) is 5.82 Å². The van der Waals surface area contributed by atoms with Crippen LogP contribution in [0.3, 0.4) is 0 Å². The lowest BCUT2D eigenvalue weighted by Gasteiger charge is -2.15. The quantitative estimate of drug-likeness (QED) is 0.755. The maximum absolute atomic E-state index is 13.3. The predicted octanol–water partition coefficient (Wildman–Crippen LogP) is 4.75. The minimum atomic E-state index is -0.238. The molecule has 3 nitrogen and oxygen atoms in total. The van der Waals surface area contributed by atoms with Crippen molar-refractivity contribution in [1.82, 2.24) is 9.97 Å². The van der Waals surface area contributed by atoms with Crippen LogP contribution in [0.1, 0.15) is 37.9 Å². The molecule has 0 bridgehead atoms. The third-order valence-corrected chi connectivity index (χ3v) is 4.26. The van der Waals surface area contributed by atoms with Gasteiger partial charge in [-0.05, 0) is 66.1 Å². The normalized spacial score (nSPS) is 11.0. The number of nitrogens with one attached hydrogen (secondary N) is 1. The van der Waals surface area contributed by atoms with Crippen LogP contribution in [0.2, 0.25) is 0 Å². The highest BCUT2D eigenvalue weighted by atomic mass is 127. The Hall–Kier alpha value is -1.24. The second kappa shape index (κ2) is 6.68. The van der Waals surface area contributed by atoms with Gasteiger partial charge in [0.1, 0.15) is 11.6 Å². The fourth-order valence-electron chi connectivity index (χ4n) is 2.13. The number of aromatic nitrogens is 2. The van der Waals surface area contributed by atoms with Gasteiger partial charge in [-0.15, -0.1) is 0 Å². The lowest BCUT2D eigenvalue weighted by atomic mass is 10.1. The second-order valence-corrected chi connectivity index (χ2v) is 6.32. The Bertz CT molecular complexity index is 656. The van der Waals surface area contributed by atoms with Crippen LogP contribution < -0.4 is 5.32 Å². The lowest BCUT2D eigenvalue weighted by molar-refractivity contribution is 0.627. The summed E-state index contributed by atoms with van der Waals surface area (Å²) in [5.41, 5.74) is 2.72. The summed E-state index contributed by atoms with van der Waals surface area (Å²) in [4.78, 5) is 9.31. The van der Waals surface area contributed by atoms with Gasteiger partial charge in [0.25, 0.3) is 0 Å². The van der Waals surface area contributed by atoms with Gasteiger partial charge in [-0.2, -0.15) is 0 Å². The average molecular weight is 399 g/mol. The number of hydrogen-bond donors (Lipinski definition) is 1. The van der Waals surface area contributed by atoms with Gasteiger partial charge in [0.15, 0.2) is 5.82 Å². The highest BCUT2D eigenvalue weighted by Crippen LogP contribution is 2.29. The molecule has 1 aromatic carbocycles. The molecular formula is C16H19FIN3. The van der Waals surface area contributed by atoms with Crippen molar-refractivity contribution in [3.05, 3.63) is 38.8 Å². The predicted molar refractivity (Wildman–Crippen MR) is 93.1 cm³/mol. The minimum Gasteiger partial charge on any atom is -0.369 e. The molecule has 0 spiro atoms. The van der Waals surface area contributed by atoms with Crippen molar-refractivity contribution in [3.63, 3.8) is 0 Å². The number of benzene rings is 1.